The van der Waals surface area contributed by atoms with Crippen molar-refractivity contribution in [2.45, 2.75) is 10.7 Å². The Morgan fingerprint density at radius 3 is 1.15 bits per heavy atom. The molecule has 0 unspecified atom stereocenters. The Morgan fingerprint density at radius 1 is 1.08 bits per heavy atom. The van der Waals surface area contributed by atoms with Crippen LogP contribution in [0.5, 0.6) is 0 Å². The molecule has 9 heteroatoms. The number of carboxylic acids is 2. The van der Waals surface area contributed by atoms with Crippen molar-refractivity contribution >= 4 is 46.7 Å². The standard InChI is InChI=1S/C2HCl3O2.C2H4O2.2Na/c3-2(4,5)1(6)7;1-2(3)4;;/h(H,6,7);1H3,(H,3,4);;/q;;2*+1/p-2. The molecular formula is C4H3Cl3Na2O4. The van der Waals surface area contributed by atoms with Crippen LogP contribution < -0.4 is 69.3 Å². The first-order valence-corrected chi connectivity index (χ1v) is 3.27. The van der Waals surface area contributed by atoms with Crippen molar-refractivity contribution < 1.29 is 78.9 Å². The molecular weight excluding hydrogens is 264 g/mol. The van der Waals surface area contributed by atoms with Crippen LogP contribution in [-0.4, -0.2) is 15.7 Å². The minimum absolute atomic E-state index is 0. The zero-order valence-corrected chi connectivity index (χ0v) is 13.5. The molecule has 0 N–H and O–H groups in total. The summed E-state index contributed by atoms with van der Waals surface area (Å²) in [6.07, 6.45) is 0. The zero-order valence-electron chi connectivity index (χ0n) is 7.27. The predicted molar refractivity (Wildman–Crippen MR) is 36.0 cm³/mol. The van der Waals surface area contributed by atoms with Gasteiger partial charge in [0.15, 0.2) is 0 Å². The van der Waals surface area contributed by atoms with Crippen molar-refractivity contribution in [2.75, 3.05) is 0 Å². The van der Waals surface area contributed by atoms with Crippen molar-refractivity contribution in [3.8, 4) is 0 Å². The Balaban J connectivity index is -0.0000000600. The van der Waals surface area contributed by atoms with E-state index in [0.717, 1.165) is 6.92 Å². The number of rotatable bonds is 0. The van der Waals surface area contributed by atoms with Crippen molar-refractivity contribution in [3.63, 3.8) is 0 Å². The number of hydrogen-bond acceptors (Lipinski definition) is 4. The van der Waals surface area contributed by atoms with Crippen LogP contribution in [0.3, 0.4) is 0 Å². The molecule has 0 aromatic rings. The monoisotopic (exact) mass is 266 g/mol. The fraction of sp³-hybridized carbons (Fsp3) is 0.500. The number of carbonyl (C=O) groups excluding carboxylic acids is 2. The van der Waals surface area contributed by atoms with Crippen LogP contribution in [0.15, 0.2) is 0 Å². The van der Waals surface area contributed by atoms with E-state index in [9.17, 15) is 9.90 Å². The largest absolute Gasteiger partial charge is 1.00 e. The van der Waals surface area contributed by atoms with Gasteiger partial charge in [0, 0.05) is 5.97 Å². The summed E-state index contributed by atoms with van der Waals surface area (Å²) in [6.45, 7) is 0.972. The molecule has 0 aromatic carbocycles. The zero-order chi connectivity index (χ0) is 9.65. The first-order chi connectivity index (χ1) is 4.68. The third-order valence-electron chi connectivity index (χ3n) is 0.231. The molecule has 0 atom stereocenters. The smallest absolute Gasteiger partial charge is 0.550 e. The van der Waals surface area contributed by atoms with Gasteiger partial charge in [-0.1, -0.05) is 34.8 Å². The summed E-state index contributed by atoms with van der Waals surface area (Å²) in [5, 5.41) is 18.4. The van der Waals surface area contributed by atoms with Crippen LogP contribution in [0, 0.1) is 0 Å². The van der Waals surface area contributed by atoms with Crippen LogP contribution in [0.25, 0.3) is 0 Å². The molecule has 0 aliphatic rings. The summed E-state index contributed by atoms with van der Waals surface area (Å²) in [5.74, 6) is -2.79. The molecule has 0 amide bonds. The van der Waals surface area contributed by atoms with Crippen LogP contribution in [0.2, 0.25) is 0 Å². The topological polar surface area (TPSA) is 80.3 Å². The van der Waals surface area contributed by atoms with Crippen LogP contribution >= 0.6 is 34.8 Å². The minimum Gasteiger partial charge on any atom is -0.550 e. The number of carboxylic acid groups (broad SMARTS) is 2. The molecule has 0 rings (SSSR count). The number of hydrogen-bond donors (Lipinski definition) is 0. The van der Waals surface area contributed by atoms with E-state index in [1.54, 1.807) is 0 Å². The minimum atomic E-state index is -2.28. The maximum atomic E-state index is 9.51. The Kier molecular flexibility index (Phi) is 22.1. The first kappa shape index (κ1) is 24.2. The molecule has 0 bridgehead atoms. The van der Waals surface area contributed by atoms with E-state index in [-0.39, 0.29) is 59.1 Å². The van der Waals surface area contributed by atoms with Crippen molar-refractivity contribution in [2.24, 2.45) is 0 Å². The molecule has 0 radical (unpaired) electrons. The number of halogens is 3. The molecule has 0 aliphatic heterocycles. The van der Waals surface area contributed by atoms with Gasteiger partial charge in [-0.05, 0) is 6.92 Å². The van der Waals surface area contributed by atoms with E-state index >= 15 is 0 Å². The van der Waals surface area contributed by atoms with E-state index in [0.29, 0.717) is 0 Å². The van der Waals surface area contributed by atoms with Crippen molar-refractivity contribution in [3.05, 3.63) is 0 Å². The number of carbonyl (C=O) groups is 2. The fourth-order valence-electron chi connectivity index (χ4n) is 0. The molecule has 13 heavy (non-hydrogen) atoms. The fourth-order valence-corrected chi connectivity index (χ4v) is 0. The van der Waals surface area contributed by atoms with Crippen molar-refractivity contribution in [1.82, 2.24) is 0 Å². The first-order valence-electron chi connectivity index (χ1n) is 2.13. The van der Waals surface area contributed by atoms with E-state index in [1.165, 1.54) is 0 Å². The van der Waals surface area contributed by atoms with Crippen molar-refractivity contribution in [1.29, 1.82) is 0 Å². The van der Waals surface area contributed by atoms with Gasteiger partial charge in [-0.2, -0.15) is 0 Å². The van der Waals surface area contributed by atoms with Crippen LogP contribution in [0.4, 0.5) is 0 Å². The van der Waals surface area contributed by atoms with Gasteiger partial charge in [0.2, 0.25) is 3.79 Å². The summed E-state index contributed by atoms with van der Waals surface area (Å²) in [6, 6.07) is 0. The second kappa shape index (κ2) is 11.9. The summed E-state index contributed by atoms with van der Waals surface area (Å²) in [7, 11) is 0. The molecule has 4 nitrogen and oxygen atoms in total. The normalized spacial score (nSPS) is 8.00. The summed E-state index contributed by atoms with van der Waals surface area (Å²) in [4.78, 5) is 18.4. The van der Waals surface area contributed by atoms with E-state index in [1.807, 2.05) is 0 Å². The average molecular weight is 267 g/mol. The van der Waals surface area contributed by atoms with Crippen LogP contribution in [0.1, 0.15) is 6.92 Å². The Labute approximate surface area is 134 Å². The second-order valence-electron chi connectivity index (χ2n) is 1.28. The third kappa shape index (κ3) is 31.6. The molecule has 0 aromatic heterocycles. The van der Waals surface area contributed by atoms with E-state index < -0.39 is 15.7 Å². The average Bonchev–Trinajstić information content (AvgIpc) is 1.59. The summed E-state index contributed by atoms with van der Waals surface area (Å²) < 4.78 is -2.28. The quantitative estimate of drug-likeness (QED) is 0.323. The molecule has 0 heterocycles. The molecule has 0 spiro atoms. The van der Waals surface area contributed by atoms with Gasteiger partial charge in [-0.3, -0.25) is 0 Å². The molecule has 0 saturated carbocycles. The maximum Gasteiger partial charge on any atom is 1.00 e. The number of aliphatic carboxylic acids is 2. The molecule has 0 saturated heterocycles. The second-order valence-corrected chi connectivity index (χ2v) is 3.56. The van der Waals surface area contributed by atoms with Gasteiger partial charge < -0.3 is 19.8 Å². The van der Waals surface area contributed by atoms with E-state index in [4.69, 9.17) is 44.7 Å². The SMILES string of the molecule is CC(=O)[O-].O=C([O-])C(Cl)(Cl)Cl.[Na+].[Na+]. The summed E-state index contributed by atoms with van der Waals surface area (Å²) >= 11 is 14.2. The van der Waals surface area contributed by atoms with Gasteiger partial charge >= 0.3 is 59.1 Å². The molecule has 66 valence electrons. The van der Waals surface area contributed by atoms with E-state index in [2.05, 4.69) is 0 Å². The number of alkyl halides is 3. The van der Waals surface area contributed by atoms with Gasteiger partial charge in [0.1, 0.15) is 0 Å². The van der Waals surface area contributed by atoms with Gasteiger partial charge in [0.25, 0.3) is 0 Å². The molecule has 0 fully saturated rings. The maximum absolute atomic E-state index is 9.51. The Morgan fingerprint density at radius 2 is 1.15 bits per heavy atom. The predicted octanol–water partition coefficient (Wildman–Crippen LogP) is -7.13. The third-order valence-corrected chi connectivity index (χ3v) is 0.694. The van der Waals surface area contributed by atoms with Gasteiger partial charge in [-0.25, -0.2) is 0 Å². The van der Waals surface area contributed by atoms with Crippen LogP contribution in [-0.2, 0) is 9.59 Å². The Bertz CT molecular complexity index is 154. The summed E-state index contributed by atoms with van der Waals surface area (Å²) in [5.41, 5.74) is 0. The van der Waals surface area contributed by atoms with Gasteiger partial charge in [-0.15, -0.1) is 0 Å². The van der Waals surface area contributed by atoms with Gasteiger partial charge in [0.05, 0.1) is 5.97 Å². The Hall–Kier alpha value is 1.81. The molecule has 0 aliphatic carbocycles.